The van der Waals surface area contributed by atoms with Crippen LogP contribution in [-0.2, 0) is 6.42 Å². The molecule has 0 aliphatic heterocycles. The van der Waals surface area contributed by atoms with Gasteiger partial charge in [0.1, 0.15) is 12.1 Å². The number of anilines is 1. The zero-order valence-corrected chi connectivity index (χ0v) is 10.4. The SMILES string of the molecule is CCNc1nc(-c2ccoc2)nc(C)c1CC. The largest absolute Gasteiger partial charge is 0.472 e. The molecule has 0 atom stereocenters. The molecule has 0 aliphatic carbocycles. The highest BCUT2D eigenvalue weighted by Gasteiger charge is 2.11. The highest BCUT2D eigenvalue weighted by atomic mass is 16.3. The summed E-state index contributed by atoms with van der Waals surface area (Å²) in [6.45, 7) is 7.05. The van der Waals surface area contributed by atoms with E-state index in [-0.39, 0.29) is 0 Å². The van der Waals surface area contributed by atoms with Crippen molar-refractivity contribution in [2.24, 2.45) is 0 Å². The zero-order chi connectivity index (χ0) is 12.3. The van der Waals surface area contributed by atoms with Crippen molar-refractivity contribution in [3.8, 4) is 11.4 Å². The Morgan fingerprint density at radius 2 is 2.12 bits per heavy atom. The van der Waals surface area contributed by atoms with Gasteiger partial charge in [0.2, 0.25) is 0 Å². The van der Waals surface area contributed by atoms with Crippen molar-refractivity contribution in [3.05, 3.63) is 29.9 Å². The highest BCUT2D eigenvalue weighted by molar-refractivity contribution is 5.58. The third-order valence-electron chi connectivity index (χ3n) is 2.69. The van der Waals surface area contributed by atoms with E-state index in [0.29, 0.717) is 5.82 Å². The van der Waals surface area contributed by atoms with Gasteiger partial charge < -0.3 is 9.73 Å². The molecule has 0 spiro atoms. The molecule has 0 saturated carbocycles. The summed E-state index contributed by atoms with van der Waals surface area (Å²) < 4.78 is 5.06. The Balaban J connectivity index is 2.50. The minimum Gasteiger partial charge on any atom is -0.472 e. The molecular formula is C13H17N3O. The molecule has 17 heavy (non-hydrogen) atoms. The lowest BCUT2D eigenvalue weighted by molar-refractivity contribution is 0.568. The van der Waals surface area contributed by atoms with Crippen LogP contribution >= 0.6 is 0 Å². The first-order chi connectivity index (χ1) is 8.26. The third kappa shape index (κ3) is 2.30. The van der Waals surface area contributed by atoms with Gasteiger partial charge in [-0.2, -0.15) is 0 Å². The maximum Gasteiger partial charge on any atom is 0.165 e. The number of hydrogen-bond acceptors (Lipinski definition) is 4. The fourth-order valence-electron chi connectivity index (χ4n) is 1.85. The van der Waals surface area contributed by atoms with Crippen LogP contribution in [0.4, 0.5) is 5.82 Å². The monoisotopic (exact) mass is 231 g/mol. The fraction of sp³-hybridized carbons (Fsp3) is 0.385. The summed E-state index contributed by atoms with van der Waals surface area (Å²) in [6, 6.07) is 1.87. The summed E-state index contributed by atoms with van der Waals surface area (Å²) in [5.74, 6) is 1.64. The Morgan fingerprint density at radius 3 is 2.71 bits per heavy atom. The van der Waals surface area contributed by atoms with Gasteiger partial charge in [0.15, 0.2) is 5.82 Å². The van der Waals surface area contributed by atoms with Crippen molar-refractivity contribution in [2.45, 2.75) is 27.2 Å². The van der Waals surface area contributed by atoms with E-state index in [2.05, 4.69) is 29.1 Å². The molecule has 1 N–H and O–H groups in total. The van der Waals surface area contributed by atoms with Crippen LogP contribution in [0.15, 0.2) is 23.0 Å². The standard InChI is InChI=1S/C13H17N3O/c1-4-11-9(3)15-12(10-6-7-17-8-10)16-13(11)14-5-2/h6-8H,4-5H2,1-3H3,(H,14,15,16). The van der Waals surface area contributed by atoms with Crippen molar-refractivity contribution < 1.29 is 4.42 Å². The maximum absolute atomic E-state index is 5.06. The van der Waals surface area contributed by atoms with Gasteiger partial charge in [-0.05, 0) is 26.3 Å². The van der Waals surface area contributed by atoms with E-state index in [1.54, 1.807) is 12.5 Å². The minimum absolute atomic E-state index is 0.712. The predicted octanol–water partition coefficient (Wildman–Crippen LogP) is 3.04. The van der Waals surface area contributed by atoms with Gasteiger partial charge in [-0.3, -0.25) is 0 Å². The van der Waals surface area contributed by atoms with Crippen LogP contribution < -0.4 is 5.32 Å². The molecule has 2 rings (SSSR count). The van der Waals surface area contributed by atoms with Crippen LogP contribution in [0.5, 0.6) is 0 Å². The molecule has 0 bridgehead atoms. The second-order valence-electron chi connectivity index (χ2n) is 3.86. The van der Waals surface area contributed by atoms with Crippen LogP contribution in [0, 0.1) is 6.92 Å². The summed E-state index contributed by atoms with van der Waals surface area (Å²) in [4.78, 5) is 9.07. The van der Waals surface area contributed by atoms with Gasteiger partial charge >= 0.3 is 0 Å². The molecule has 0 aromatic carbocycles. The van der Waals surface area contributed by atoms with Gasteiger partial charge in [0, 0.05) is 17.8 Å². The topological polar surface area (TPSA) is 51.0 Å². The van der Waals surface area contributed by atoms with E-state index < -0.39 is 0 Å². The molecule has 2 aromatic rings. The van der Waals surface area contributed by atoms with E-state index in [1.165, 1.54) is 5.56 Å². The Labute approximate surface area is 101 Å². The summed E-state index contributed by atoms with van der Waals surface area (Å²) >= 11 is 0. The van der Waals surface area contributed by atoms with E-state index in [4.69, 9.17) is 4.42 Å². The molecule has 0 fully saturated rings. The molecular weight excluding hydrogens is 214 g/mol. The normalized spacial score (nSPS) is 10.5. The molecule has 4 nitrogen and oxygen atoms in total. The Bertz CT molecular complexity index is 492. The molecule has 0 radical (unpaired) electrons. The predicted molar refractivity (Wildman–Crippen MR) is 68.0 cm³/mol. The van der Waals surface area contributed by atoms with Crippen molar-refractivity contribution in [1.82, 2.24) is 9.97 Å². The first kappa shape index (κ1) is 11.6. The smallest absolute Gasteiger partial charge is 0.165 e. The minimum atomic E-state index is 0.712. The molecule has 90 valence electrons. The quantitative estimate of drug-likeness (QED) is 0.878. The summed E-state index contributed by atoms with van der Waals surface area (Å²) in [5, 5.41) is 3.29. The van der Waals surface area contributed by atoms with Crippen molar-refractivity contribution in [2.75, 3.05) is 11.9 Å². The summed E-state index contributed by atoms with van der Waals surface area (Å²) in [6.07, 6.45) is 4.23. The van der Waals surface area contributed by atoms with Gasteiger partial charge in [0.05, 0.1) is 11.8 Å². The molecule has 0 amide bonds. The van der Waals surface area contributed by atoms with Crippen LogP contribution in [0.3, 0.4) is 0 Å². The van der Waals surface area contributed by atoms with Crippen LogP contribution in [-0.4, -0.2) is 16.5 Å². The first-order valence-electron chi connectivity index (χ1n) is 5.90. The highest BCUT2D eigenvalue weighted by Crippen LogP contribution is 2.22. The molecule has 2 aromatic heterocycles. The summed E-state index contributed by atoms with van der Waals surface area (Å²) in [7, 11) is 0. The number of furan rings is 1. The van der Waals surface area contributed by atoms with E-state index in [1.807, 2.05) is 13.0 Å². The molecule has 0 unspecified atom stereocenters. The summed E-state index contributed by atoms with van der Waals surface area (Å²) in [5.41, 5.74) is 3.11. The number of rotatable bonds is 4. The Hall–Kier alpha value is -1.84. The van der Waals surface area contributed by atoms with Gasteiger partial charge in [-0.15, -0.1) is 0 Å². The molecule has 0 saturated heterocycles. The van der Waals surface area contributed by atoms with Crippen LogP contribution in [0.2, 0.25) is 0 Å². The maximum atomic E-state index is 5.06. The number of nitrogens with one attached hydrogen (secondary N) is 1. The van der Waals surface area contributed by atoms with Gasteiger partial charge in [-0.25, -0.2) is 9.97 Å². The number of aromatic nitrogens is 2. The number of aryl methyl sites for hydroxylation is 1. The second-order valence-corrected chi connectivity index (χ2v) is 3.86. The van der Waals surface area contributed by atoms with E-state index in [0.717, 1.165) is 30.0 Å². The average Bonchev–Trinajstić information content (AvgIpc) is 2.82. The fourth-order valence-corrected chi connectivity index (χ4v) is 1.85. The zero-order valence-electron chi connectivity index (χ0n) is 10.4. The van der Waals surface area contributed by atoms with Gasteiger partial charge in [0.25, 0.3) is 0 Å². The van der Waals surface area contributed by atoms with Crippen molar-refractivity contribution in [1.29, 1.82) is 0 Å². The molecule has 4 heteroatoms. The molecule has 0 aliphatic rings. The lowest BCUT2D eigenvalue weighted by atomic mass is 10.1. The average molecular weight is 231 g/mol. The second kappa shape index (κ2) is 4.99. The lowest BCUT2D eigenvalue weighted by Gasteiger charge is -2.12. The Morgan fingerprint density at radius 1 is 1.29 bits per heavy atom. The molecule has 2 heterocycles. The Kier molecular flexibility index (Phi) is 3.42. The van der Waals surface area contributed by atoms with Crippen LogP contribution in [0.25, 0.3) is 11.4 Å². The number of nitrogens with zero attached hydrogens (tertiary/aromatic N) is 2. The lowest BCUT2D eigenvalue weighted by Crippen LogP contribution is -2.07. The van der Waals surface area contributed by atoms with Crippen LogP contribution in [0.1, 0.15) is 25.1 Å². The van der Waals surface area contributed by atoms with E-state index in [9.17, 15) is 0 Å². The number of hydrogen-bond donors (Lipinski definition) is 1. The first-order valence-corrected chi connectivity index (χ1v) is 5.90. The van der Waals surface area contributed by atoms with E-state index >= 15 is 0 Å². The van der Waals surface area contributed by atoms with Crippen molar-refractivity contribution in [3.63, 3.8) is 0 Å². The van der Waals surface area contributed by atoms with Gasteiger partial charge in [-0.1, -0.05) is 6.92 Å². The van der Waals surface area contributed by atoms with Crippen molar-refractivity contribution >= 4 is 5.82 Å². The third-order valence-corrected chi connectivity index (χ3v) is 2.69.